The Morgan fingerprint density at radius 1 is 1.00 bits per heavy atom. The summed E-state index contributed by atoms with van der Waals surface area (Å²) in [5, 5.41) is 9.26. The zero-order valence-corrected chi connectivity index (χ0v) is 14.1. The van der Waals surface area contributed by atoms with Gasteiger partial charge in [0.05, 0.1) is 19.7 Å². The van der Waals surface area contributed by atoms with Crippen molar-refractivity contribution in [3.8, 4) is 11.5 Å². The van der Waals surface area contributed by atoms with E-state index in [-0.39, 0.29) is 0 Å². The molecule has 8 heteroatoms. The van der Waals surface area contributed by atoms with Gasteiger partial charge in [-0.25, -0.2) is 4.98 Å². The zero-order chi connectivity index (χ0) is 16.7. The third-order valence-electron chi connectivity index (χ3n) is 4.51. The molecule has 1 aromatic carbocycles. The molecule has 1 aliphatic heterocycles. The Morgan fingerprint density at radius 2 is 1.71 bits per heavy atom. The molecule has 3 heterocycles. The monoisotopic (exact) mass is 328 g/mol. The van der Waals surface area contributed by atoms with Crippen molar-refractivity contribution in [1.29, 1.82) is 0 Å². The van der Waals surface area contributed by atoms with Crippen LogP contribution in [0.4, 0.5) is 5.95 Å². The number of hydrogen-bond acceptors (Lipinski definition) is 7. The van der Waals surface area contributed by atoms with Gasteiger partial charge in [-0.05, 0) is 13.1 Å². The summed E-state index contributed by atoms with van der Waals surface area (Å²) in [7, 11) is 5.38. The predicted molar refractivity (Wildman–Crippen MR) is 91.1 cm³/mol. The van der Waals surface area contributed by atoms with Gasteiger partial charge in [-0.3, -0.25) is 4.40 Å². The highest BCUT2D eigenvalue weighted by Gasteiger charge is 2.21. The number of nitrogens with zero attached hydrogens (tertiary/aromatic N) is 6. The fourth-order valence-electron chi connectivity index (χ4n) is 3.10. The number of benzene rings is 1. The maximum atomic E-state index is 5.41. The molecule has 0 amide bonds. The largest absolute Gasteiger partial charge is 0.493 e. The lowest BCUT2D eigenvalue weighted by atomic mass is 10.2. The van der Waals surface area contributed by atoms with Crippen molar-refractivity contribution in [2.24, 2.45) is 0 Å². The summed E-state index contributed by atoms with van der Waals surface area (Å²) >= 11 is 0. The van der Waals surface area contributed by atoms with Gasteiger partial charge in [0.15, 0.2) is 17.1 Å². The molecule has 1 aliphatic rings. The maximum absolute atomic E-state index is 5.41. The maximum Gasteiger partial charge on any atom is 0.213 e. The third-order valence-corrected chi connectivity index (χ3v) is 4.51. The first kappa shape index (κ1) is 14.9. The zero-order valence-electron chi connectivity index (χ0n) is 14.1. The predicted octanol–water partition coefficient (Wildman–Crippen LogP) is 1.05. The molecule has 1 saturated heterocycles. The molecule has 4 rings (SSSR count). The van der Waals surface area contributed by atoms with Crippen molar-refractivity contribution >= 4 is 22.5 Å². The summed E-state index contributed by atoms with van der Waals surface area (Å²) in [6.07, 6.45) is 1.71. The topological polar surface area (TPSA) is 68.0 Å². The molecule has 3 aromatic rings. The van der Waals surface area contributed by atoms with Gasteiger partial charge in [-0.1, -0.05) is 0 Å². The van der Waals surface area contributed by atoms with Crippen LogP contribution in [-0.4, -0.2) is 71.9 Å². The molecule has 0 spiro atoms. The van der Waals surface area contributed by atoms with Crippen LogP contribution in [0.1, 0.15) is 0 Å². The average Bonchev–Trinajstić information content (AvgIpc) is 3.10. The van der Waals surface area contributed by atoms with Gasteiger partial charge in [-0.15, -0.1) is 10.2 Å². The first-order valence-electron chi connectivity index (χ1n) is 7.90. The van der Waals surface area contributed by atoms with E-state index in [0.29, 0.717) is 11.5 Å². The number of likely N-dealkylation sites (N-methyl/N-ethyl adjacent to an activating group) is 1. The van der Waals surface area contributed by atoms with Crippen molar-refractivity contribution in [1.82, 2.24) is 24.5 Å². The number of aromatic nitrogens is 4. The molecular formula is C16H20N6O2. The van der Waals surface area contributed by atoms with Crippen molar-refractivity contribution in [2.45, 2.75) is 0 Å². The summed E-state index contributed by atoms with van der Waals surface area (Å²) in [5.41, 5.74) is 1.59. The van der Waals surface area contributed by atoms with Crippen LogP contribution in [0.15, 0.2) is 18.5 Å². The fourth-order valence-corrected chi connectivity index (χ4v) is 3.10. The lowest BCUT2D eigenvalue weighted by Gasteiger charge is -2.33. The van der Waals surface area contributed by atoms with Gasteiger partial charge in [0, 0.05) is 37.6 Å². The standard InChI is InChI=1S/C16H20N6O2/c1-20-4-6-21(7-5-20)16-18-12-9-14(24-3)13(23-2)8-11(12)15-19-17-10-22(15)16/h8-10H,4-7H2,1-3H3. The van der Waals surface area contributed by atoms with Crippen LogP contribution in [0, 0.1) is 0 Å². The average molecular weight is 328 g/mol. The van der Waals surface area contributed by atoms with Crippen LogP contribution >= 0.6 is 0 Å². The number of rotatable bonds is 3. The minimum atomic E-state index is 0.657. The Bertz CT molecular complexity index is 885. The Balaban J connectivity index is 1.92. The van der Waals surface area contributed by atoms with Gasteiger partial charge in [0.2, 0.25) is 5.95 Å². The highest BCUT2D eigenvalue weighted by atomic mass is 16.5. The summed E-state index contributed by atoms with van der Waals surface area (Å²) in [6, 6.07) is 3.79. The molecule has 0 unspecified atom stereocenters. The van der Waals surface area contributed by atoms with E-state index in [0.717, 1.165) is 48.7 Å². The second-order valence-corrected chi connectivity index (χ2v) is 5.95. The molecule has 0 radical (unpaired) electrons. The molecule has 0 aliphatic carbocycles. The van der Waals surface area contributed by atoms with E-state index in [4.69, 9.17) is 14.5 Å². The van der Waals surface area contributed by atoms with E-state index in [2.05, 4.69) is 27.0 Å². The molecule has 0 saturated carbocycles. The Kier molecular flexibility index (Phi) is 3.61. The molecule has 24 heavy (non-hydrogen) atoms. The SMILES string of the molecule is COc1cc2nc(N3CCN(C)CC3)n3cnnc3c2cc1OC. The van der Waals surface area contributed by atoms with Crippen LogP contribution in [0.3, 0.4) is 0 Å². The molecule has 1 fully saturated rings. The third kappa shape index (κ3) is 2.30. The van der Waals surface area contributed by atoms with Gasteiger partial charge < -0.3 is 19.3 Å². The van der Waals surface area contributed by atoms with E-state index < -0.39 is 0 Å². The van der Waals surface area contributed by atoms with Crippen molar-refractivity contribution in [2.75, 3.05) is 52.3 Å². The van der Waals surface area contributed by atoms with E-state index in [1.54, 1.807) is 20.5 Å². The molecule has 2 aromatic heterocycles. The number of piperazine rings is 1. The molecule has 0 atom stereocenters. The Labute approximate surface area is 139 Å². The summed E-state index contributed by atoms with van der Waals surface area (Å²) in [4.78, 5) is 9.45. The summed E-state index contributed by atoms with van der Waals surface area (Å²) in [5.74, 6) is 2.18. The van der Waals surface area contributed by atoms with E-state index in [1.807, 2.05) is 16.5 Å². The van der Waals surface area contributed by atoms with Gasteiger partial charge in [-0.2, -0.15) is 0 Å². The van der Waals surface area contributed by atoms with E-state index in [9.17, 15) is 0 Å². The normalized spacial score (nSPS) is 16.0. The molecule has 0 bridgehead atoms. The quantitative estimate of drug-likeness (QED) is 0.712. The van der Waals surface area contributed by atoms with Crippen LogP contribution in [0.5, 0.6) is 11.5 Å². The Morgan fingerprint density at radius 3 is 2.42 bits per heavy atom. The second-order valence-electron chi connectivity index (χ2n) is 5.95. The number of anilines is 1. The van der Waals surface area contributed by atoms with Gasteiger partial charge >= 0.3 is 0 Å². The van der Waals surface area contributed by atoms with E-state index >= 15 is 0 Å². The number of ether oxygens (including phenoxy) is 2. The lowest BCUT2D eigenvalue weighted by Crippen LogP contribution is -2.45. The smallest absolute Gasteiger partial charge is 0.213 e. The summed E-state index contributed by atoms with van der Waals surface area (Å²) < 4.78 is 12.8. The Hall–Kier alpha value is -2.61. The first-order valence-corrected chi connectivity index (χ1v) is 7.90. The molecule has 0 N–H and O–H groups in total. The minimum absolute atomic E-state index is 0.657. The van der Waals surface area contributed by atoms with Gasteiger partial charge in [0.25, 0.3) is 0 Å². The van der Waals surface area contributed by atoms with Crippen LogP contribution in [0.25, 0.3) is 16.6 Å². The number of methoxy groups -OCH3 is 2. The van der Waals surface area contributed by atoms with Crippen molar-refractivity contribution in [3.63, 3.8) is 0 Å². The van der Waals surface area contributed by atoms with Crippen LogP contribution in [-0.2, 0) is 0 Å². The summed E-state index contributed by atoms with van der Waals surface area (Å²) in [6.45, 7) is 3.87. The molecule has 8 nitrogen and oxygen atoms in total. The second kappa shape index (κ2) is 5.79. The van der Waals surface area contributed by atoms with Crippen LogP contribution < -0.4 is 14.4 Å². The van der Waals surface area contributed by atoms with Crippen molar-refractivity contribution < 1.29 is 9.47 Å². The fraction of sp³-hybridized carbons (Fsp3) is 0.438. The lowest BCUT2D eigenvalue weighted by molar-refractivity contribution is 0.311. The molecule has 126 valence electrons. The highest BCUT2D eigenvalue weighted by molar-refractivity contribution is 5.94. The number of hydrogen-bond donors (Lipinski definition) is 0. The van der Waals surface area contributed by atoms with Crippen LogP contribution in [0.2, 0.25) is 0 Å². The highest BCUT2D eigenvalue weighted by Crippen LogP contribution is 2.34. The van der Waals surface area contributed by atoms with Gasteiger partial charge in [0.1, 0.15) is 6.33 Å². The van der Waals surface area contributed by atoms with Crippen molar-refractivity contribution in [3.05, 3.63) is 18.5 Å². The van der Waals surface area contributed by atoms with E-state index in [1.165, 1.54) is 0 Å². The minimum Gasteiger partial charge on any atom is -0.493 e. The first-order chi connectivity index (χ1) is 11.7. The molecular weight excluding hydrogens is 308 g/mol. The number of fused-ring (bicyclic) bond motifs is 3.